The molecule has 0 N–H and O–H groups in total. The second kappa shape index (κ2) is 11.2. The lowest BCUT2D eigenvalue weighted by Gasteiger charge is -2.43. The Hall–Kier alpha value is -0.730. The topological polar surface area (TPSA) is 35.5 Å². The van der Waals surface area contributed by atoms with Crippen molar-refractivity contribution in [2.24, 2.45) is 17.8 Å². The number of unbranched alkanes of at least 4 members (excludes halogenated alkanes) is 3. The molecule has 152 valence electrons. The van der Waals surface area contributed by atoms with Crippen molar-refractivity contribution in [3.8, 4) is 0 Å². The molecule has 0 aromatic rings. The van der Waals surface area contributed by atoms with E-state index in [9.17, 15) is 4.79 Å². The van der Waals surface area contributed by atoms with Gasteiger partial charge in [0.2, 0.25) is 0 Å². The van der Waals surface area contributed by atoms with Crippen LogP contribution >= 0.6 is 0 Å². The van der Waals surface area contributed by atoms with Gasteiger partial charge >= 0.3 is 6.16 Å². The molecule has 2 fully saturated rings. The first-order valence-corrected chi connectivity index (χ1v) is 11.4. The van der Waals surface area contributed by atoms with Gasteiger partial charge in [0.25, 0.3) is 0 Å². The van der Waals surface area contributed by atoms with Crippen molar-refractivity contribution in [1.29, 1.82) is 0 Å². The largest absolute Gasteiger partial charge is 0.508 e. The lowest BCUT2D eigenvalue weighted by atomic mass is 9.67. The molecule has 0 spiro atoms. The molecular formula is C23H42O3. The number of carbonyl (C=O) groups excluding carboxylic acids is 1. The maximum atomic E-state index is 11.8. The standard InChI is InChI=1S/C23H42O3/c1-4-6-8-16-23(26-22(24)25-3)17-14-21(15-18-23)20-12-10-19(11-13-20)9-7-5-2/h19-21H,4-18H2,1-3H3. The van der Waals surface area contributed by atoms with Crippen LogP contribution in [0.1, 0.15) is 110 Å². The van der Waals surface area contributed by atoms with Crippen molar-refractivity contribution in [2.75, 3.05) is 7.11 Å². The molecule has 0 saturated heterocycles. The highest BCUT2D eigenvalue weighted by Gasteiger charge is 2.41. The SMILES string of the molecule is CCCCCC1(OC(=O)OC)CCC(C2CCC(CCCC)CC2)CC1. The van der Waals surface area contributed by atoms with Gasteiger partial charge in [0.15, 0.2) is 0 Å². The van der Waals surface area contributed by atoms with E-state index in [2.05, 4.69) is 13.8 Å². The minimum Gasteiger partial charge on any atom is -0.438 e. The van der Waals surface area contributed by atoms with Crippen molar-refractivity contribution in [3.63, 3.8) is 0 Å². The maximum absolute atomic E-state index is 11.8. The first-order valence-electron chi connectivity index (χ1n) is 11.4. The van der Waals surface area contributed by atoms with Crippen molar-refractivity contribution in [1.82, 2.24) is 0 Å². The number of hydrogen-bond acceptors (Lipinski definition) is 3. The highest BCUT2D eigenvalue weighted by Crippen LogP contribution is 2.45. The van der Waals surface area contributed by atoms with E-state index in [4.69, 9.17) is 9.47 Å². The van der Waals surface area contributed by atoms with Gasteiger partial charge in [-0.25, -0.2) is 4.79 Å². The second-order valence-corrected chi connectivity index (χ2v) is 8.96. The van der Waals surface area contributed by atoms with Crippen molar-refractivity contribution in [3.05, 3.63) is 0 Å². The molecule has 2 aliphatic rings. The summed E-state index contributed by atoms with van der Waals surface area (Å²) in [6.45, 7) is 4.53. The van der Waals surface area contributed by atoms with Gasteiger partial charge in [-0.15, -0.1) is 0 Å². The molecule has 0 aromatic carbocycles. The normalized spacial score (nSPS) is 32.2. The molecule has 2 saturated carbocycles. The zero-order valence-electron chi connectivity index (χ0n) is 17.6. The summed E-state index contributed by atoms with van der Waals surface area (Å²) in [5, 5.41) is 0. The molecule has 3 heteroatoms. The monoisotopic (exact) mass is 366 g/mol. The molecule has 0 heterocycles. The molecule has 0 aromatic heterocycles. The number of carbonyl (C=O) groups is 1. The van der Waals surface area contributed by atoms with E-state index < -0.39 is 6.16 Å². The van der Waals surface area contributed by atoms with Gasteiger partial charge in [-0.05, 0) is 69.1 Å². The van der Waals surface area contributed by atoms with Crippen LogP contribution in [-0.4, -0.2) is 18.9 Å². The van der Waals surface area contributed by atoms with E-state index in [-0.39, 0.29) is 5.60 Å². The number of rotatable bonds is 9. The molecule has 0 bridgehead atoms. The first kappa shape index (κ1) is 21.6. The molecule has 0 atom stereocenters. The van der Waals surface area contributed by atoms with Gasteiger partial charge in [-0.3, -0.25) is 0 Å². The quantitative estimate of drug-likeness (QED) is 0.318. The van der Waals surface area contributed by atoms with Crippen LogP contribution in [0, 0.1) is 17.8 Å². The van der Waals surface area contributed by atoms with Crippen molar-refractivity contribution >= 4 is 6.16 Å². The highest BCUT2D eigenvalue weighted by molar-refractivity contribution is 5.60. The third-order valence-electron chi connectivity index (χ3n) is 7.17. The third-order valence-corrected chi connectivity index (χ3v) is 7.17. The van der Waals surface area contributed by atoms with Crippen molar-refractivity contribution < 1.29 is 14.3 Å². The highest BCUT2D eigenvalue weighted by atomic mass is 16.7. The van der Waals surface area contributed by atoms with Crippen LogP contribution in [0.4, 0.5) is 4.79 Å². The Balaban J connectivity index is 1.81. The van der Waals surface area contributed by atoms with Gasteiger partial charge in [-0.2, -0.15) is 0 Å². The predicted octanol–water partition coefficient (Wildman–Crippen LogP) is 7.28. The Morgan fingerprint density at radius 2 is 1.50 bits per heavy atom. The fourth-order valence-electron chi connectivity index (χ4n) is 5.40. The van der Waals surface area contributed by atoms with E-state index in [1.54, 1.807) is 0 Å². The van der Waals surface area contributed by atoms with Gasteiger partial charge < -0.3 is 9.47 Å². The van der Waals surface area contributed by atoms with Crippen LogP contribution in [-0.2, 0) is 9.47 Å². The maximum Gasteiger partial charge on any atom is 0.508 e. The smallest absolute Gasteiger partial charge is 0.438 e. The van der Waals surface area contributed by atoms with Gasteiger partial charge in [-0.1, -0.05) is 58.8 Å². The van der Waals surface area contributed by atoms with Crippen LogP contribution in [0.3, 0.4) is 0 Å². The average Bonchev–Trinajstić information content (AvgIpc) is 2.67. The van der Waals surface area contributed by atoms with Gasteiger partial charge in [0.05, 0.1) is 7.11 Å². The van der Waals surface area contributed by atoms with E-state index >= 15 is 0 Å². The third kappa shape index (κ3) is 6.46. The fourth-order valence-corrected chi connectivity index (χ4v) is 5.40. The van der Waals surface area contributed by atoms with E-state index in [1.165, 1.54) is 77.7 Å². The predicted molar refractivity (Wildman–Crippen MR) is 107 cm³/mol. The Labute approximate surface area is 161 Å². The summed E-state index contributed by atoms with van der Waals surface area (Å²) in [5.41, 5.74) is -0.253. The van der Waals surface area contributed by atoms with E-state index in [0.717, 1.165) is 43.4 Å². The zero-order valence-corrected chi connectivity index (χ0v) is 17.6. The fraction of sp³-hybridized carbons (Fsp3) is 0.957. The van der Waals surface area contributed by atoms with Gasteiger partial charge in [0, 0.05) is 0 Å². The number of ether oxygens (including phenoxy) is 2. The average molecular weight is 367 g/mol. The van der Waals surface area contributed by atoms with Crippen LogP contribution in [0.5, 0.6) is 0 Å². The van der Waals surface area contributed by atoms with Crippen molar-refractivity contribution in [2.45, 2.75) is 116 Å². The molecule has 2 rings (SSSR count). The molecule has 0 aliphatic heterocycles. The summed E-state index contributed by atoms with van der Waals surface area (Å²) < 4.78 is 10.6. The lowest BCUT2D eigenvalue weighted by Crippen LogP contribution is -2.40. The first-order chi connectivity index (χ1) is 12.6. The van der Waals surface area contributed by atoms with Crippen LogP contribution in [0.15, 0.2) is 0 Å². The second-order valence-electron chi connectivity index (χ2n) is 8.96. The molecule has 3 nitrogen and oxygen atoms in total. The van der Waals surface area contributed by atoms with Crippen LogP contribution in [0.2, 0.25) is 0 Å². The Kier molecular flexibility index (Phi) is 9.28. The minimum absolute atomic E-state index is 0.253. The minimum atomic E-state index is -0.489. The Morgan fingerprint density at radius 3 is 2.08 bits per heavy atom. The summed E-state index contributed by atoms with van der Waals surface area (Å²) in [7, 11) is 1.42. The Morgan fingerprint density at radius 1 is 0.885 bits per heavy atom. The summed E-state index contributed by atoms with van der Waals surface area (Å²) >= 11 is 0. The van der Waals surface area contributed by atoms with E-state index in [1.807, 2.05) is 0 Å². The molecule has 0 amide bonds. The molecule has 0 unspecified atom stereocenters. The molecule has 26 heavy (non-hydrogen) atoms. The van der Waals surface area contributed by atoms with Gasteiger partial charge in [0.1, 0.15) is 5.60 Å². The van der Waals surface area contributed by atoms with Crippen LogP contribution < -0.4 is 0 Å². The summed E-state index contributed by atoms with van der Waals surface area (Å²) in [6.07, 6.45) is 18.6. The zero-order chi connectivity index (χ0) is 18.8. The Bertz CT molecular complexity index is 390. The lowest BCUT2D eigenvalue weighted by molar-refractivity contribution is -0.0677. The number of methoxy groups -OCH3 is 1. The summed E-state index contributed by atoms with van der Waals surface area (Å²) in [6, 6.07) is 0. The molecule has 0 radical (unpaired) electrons. The summed E-state index contributed by atoms with van der Waals surface area (Å²) in [4.78, 5) is 11.8. The van der Waals surface area contributed by atoms with E-state index in [0.29, 0.717) is 0 Å². The number of hydrogen-bond donors (Lipinski definition) is 0. The summed E-state index contributed by atoms with van der Waals surface area (Å²) in [5.74, 6) is 2.76. The molecular weight excluding hydrogens is 324 g/mol. The van der Waals surface area contributed by atoms with Crippen LogP contribution in [0.25, 0.3) is 0 Å². The molecule has 2 aliphatic carbocycles.